The van der Waals surface area contributed by atoms with E-state index in [4.69, 9.17) is 4.74 Å². The summed E-state index contributed by atoms with van der Waals surface area (Å²) in [7, 11) is 1.55. The highest BCUT2D eigenvalue weighted by molar-refractivity contribution is 9.10. The Morgan fingerprint density at radius 1 is 1.38 bits per heavy atom. The summed E-state index contributed by atoms with van der Waals surface area (Å²) < 4.78 is 5.51. The minimum absolute atomic E-state index is 0.0751. The predicted octanol–water partition coefficient (Wildman–Crippen LogP) is 3.03. The fourth-order valence-corrected chi connectivity index (χ4v) is 2.41. The molecule has 7 nitrogen and oxygen atoms in total. The normalized spacial score (nSPS) is 10.8. The maximum Gasteiger partial charge on any atom is 0.164 e. The van der Waals surface area contributed by atoms with E-state index in [-0.39, 0.29) is 18.1 Å². The molecular formula is C16H15BrN4O3. The van der Waals surface area contributed by atoms with Crippen molar-refractivity contribution in [1.29, 1.82) is 5.26 Å². The van der Waals surface area contributed by atoms with Gasteiger partial charge in [-0.1, -0.05) is 0 Å². The minimum Gasteiger partial charge on any atom is -0.507 e. The van der Waals surface area contributed by atoms with Gasteiger partial charge in [-0.2, -0.15) is 10.4 Å². The van der Waals surface area contributed by atoms with Gasteiger partial charge in [0.05, 0.1) is 17.3 Å². The second kappa shape index (κ2) is 7.77. The summed E-state index contributed by atoms with van der Waals surface area (Å²) in [5, 5.41) is 32.6. The average molecular weight is 391 g/mol. The Kier molecular flexibility index (Phi) is 5.73. The Bertz CT molecular complexity index is 831. The summed E-state index contributed by atoms with van der Waals surface area (Å²) in [5.41, 5.74) is 4.86. The number of hydrogen-bond acceptors (Lipinski definition) is 7. The van der Waals surface area contributed by atoms with Crippen molar-refractivity contribution < 1.29 is 14.9 Å². The molecule has 2 rings (SSSR count). The van der Waals surface area contributed by atoms with Gasteiger partial charge in [-0.25, -0.2) is 4.98 Å². The van der Waals surface area contributed by atoms with E-state index in [2.05, 4.69) is 37.5 Å². The van der Waals surface area contributed by atoms with Crippen molar-refractivity contribution in [3.05, 3.63) is 45.1 Å². The van der Waals surface area contributed by atoms with Gasteiger partial charge in [0, 0.05) is 30.0 Å². The third-order valence-corrected chi connectivity index (χ3v) is 3.75. The van der Waals surface area contributed by atoms with Gasteiger partial charge in [0.15, 0.2) is 5.82 Å². The number of phenols is 2. The lowest BCUT2D eigenvalue weighted by molar-refractivity contribution is 0.184. The predicted molar refractivity (Wildman–Crippen MR) is 93.1 cm³/mol. The van der Waals surface area contributed by atoms with Crippen molar-refractivity contribution in [2.24, 2.45) is 5.10 Å². The van der Waals surface area contributed by atoms with Gasteiger partial charge in [-0.05, 0) is 35.0 Å². The molecule has 0 saturated carbocycles. The number of aromatic hydroxyl groups is 2. The summed E-state index contributed by atoms with van der Waals surface area (Å²) >= 11 is 3.16. The van der Waals surface area contributed by atoms with Gasteiger partial charge in [0.25, 0.3) is 0 Å². The molecule has 0 aliphatic rings. The Balaban J connectivity index is 2.29. The van der Waals surface area contributed by atoms with E-state index in [0.717, 1.165) is 0 Å². The lowest BCUT2D eigenvalue weighted by atomic mass is 10.1. The number of rotatable bonds is 5. The average Bonchev–Trinajstić information content (AvgIpc) is 2.52. The number of anilines is 1. The smallest absolute Gasteiger partial charge is 0.164 e. The molecule has 1 aromatic heterocycles. The third kappa shape index (κ3) is 4.01. The van der Waals surface area contributed by atoms with Crippen LogP contribution in [0.4, 0.5) is 5.82 Å². The first-order valence-corrected chi connectivity index (χ1v) is 7.65. The number of aryl methyl sites for hydroxylation is 1. The number of nitrogens with zero attached hydrogens (tertiary/aromatic N) is 3. The molecule has 1 heterocycles. The standard InChI is InChI=1S/C16H15BrN4O3/c1-9-3-11(8-24-2)12(6-18)16(20-9)21-19-7-10-4-13(17)15(23)5-14(10)22/h3-5,7,22-23H,8H2,1-2H3,(H,20,21). The number of nitriles is 1. The first-order chi connectivity index (χ1) is 11.5. The van der Waals surface area contributed by atoms with E-state index < -0.39 is 0 Å². The fourth-order valence-electron chi connectivity index (χ4n) is 2.05. The topological polar surface area (TPSA) is 111 Å². The van der Waals surface area contributed by atoms with E-state index in [9.17, 15) is 15.5 Å². The van der Waals surface area contributed by atoms with Gasteiger partial charge >= 0.3 is 0 Å². The Labute approximate surface area is 147 Å². The number of hydrazone groups is 1. The summed E-state index contributed by atoms with van der Waals surface area (Å²) in [5.74, 6) is 0.103. The molecule has 24 heavy (non-hydrogen) atoms. The number of benzene rings is 1. The van der Waals surface area contributed by atoms with Crippen LogP contribution in [0.15, 0.2) is 27.8 Å². The Morgan fingerprint density at radius 3 is 2.79 bits per heavy atom. The zero-order valence-electron chi connectivity index (χ0n) is 13.0. The highest BCUT2D eigenvalue weighted by atomic mass is 79.9. The van der Waals surface area contributed by atoms with E-state index in [1.807, 2.05) is 0 Å². The Hall–Kier alpha value is -2.63. The van der Waals surface area contributed by atoms with Crippen molar-refractivity contribution in [3.63, 3.8) is 0 Å². The molecule has 0 spiro atoms. The van der Waals surface area contributed by atoms with E-state index in [0.29, 0.717) is 32.7 Å². The fraction of sp³-hybridized carbons (Fsp3) is 0.188. The highest BCUT2D eigenvalue weighted by Gasteiger charge is 2.11. The monoisotopic (exact) mass is 390 g/mol. The van der Waals surface area contributed by atoms with Gasteiger partial charge < -0.3 is 14.9 Å². The second-order valence-corrected chi connectivity index (χ2v) is 5.78. The van der Waals surface area contributed by atoms with Gasteiger partial charge in [0.2, 0.25) is 0 Å². The molecule has 2 aromatic rings. The van der Waals surface area contributed by atoms with Crippen LogP contribution in [-0.2, 0) is 11.3 Å². The molecule has 0 fully saturated rings. The summed E-state index contributed by atoms with van der Waals surface area (Å²) in [6, 6.07) is 6.58. The molecule has 1 aromatic carbocycles. The SMILES string of the molecule is COCc1cc(C)nc(NN=Cc2cc(Br)c(O)cc2O)c1C#N. The summed E-state index contributed by atoms with van der Waals surface area (Å²) in [4.78, 5) is 4.26. The van der Waals surface area contributed by atoms with Crippen LogP contribution in [0.1, 0.15) is 22.4 Å². The number of aromatic nitrogens is 1. The first-order valence-electron chi connectivity index (χ1n) is 6.86. The number of hydrogen-bond donors (Lipinski definition) is 3. The molecule has 0 aliphatic carbocycles. The van der Waals surface area contributed by atoms with E-state index in [1.54, 1.807) is 20.1 Å². The van der Waals surface area contributed by atoms with Crippen LogP contribution in [0.5, 0.6) is 11.5 Å². The molecule has 0 bridgehead atoms. The summed E-state index contributed by atoms with van der Waals surface area (Å²) in [6.45, 7) is 2.09. The van der Waals surface area contributed by atoms with Crippen molar-refractivity contribution in [1.82, 2.24) is 4.98 Å². The van der Waals surface area contributed by atoms with Crippen LogP contribution < -0.4 is 5.43 Å². The van der Waals surface area contributed by atoms with E-state index >= 15 is 0 Å². The maximum absolute atomic E-state index is 9.79. The van der Waals surface area contributed by atoms with Gasteiger partial charge in [0.1, 0.15) is 23.1 Å². The molecule has 124 valence electrons. The van der Waals surface area contributed by atoms with E-state index in [1.165, 1.54) is 18.3 Å². The number of nitrogens with one attached hydrogen (secondary N) is 1. The number of pyridine rings is 1. The molecule has 0 atom stereocenters. The van der Waals surface area contributed by atoms with Crippen molar-refractivity contribution in [2.75, 3.05) is 12.5 Å². The van der Waals surface area contributed by atoms with Crippen LogP contribution >= 0.6 is 15.9 Å². The molecule has 0 unspecified atom stereocenters. The van der Waals surface area contributed by atoms with Crippen molar-refractivity contribution >= 4 is 28.0 Å². The lowest BCUT2D eigenvalue weighted by Gasteiger charge is -2.09. The van der Waals surface area contributed by atoms with Crippen molar-refractivity contribution in [2.45, 2.75) is 13.5 Å². The highest BCUT2D eigenvalue weighted by Crippen LogP contribution is 2.30. The van der Waals surface area contributed by atoms with Crippen LogP contribution in [0.3, 0.4) is 0 Å². The molecule has 8 heteroatoms. The molecule has 0 saturated heterocycles. The largest absolute Gasteiger partial charge is 0.507 e. The molecule has 0 amide bonds. The van der Waals surface area contributed by atoms with Crippen LogP contribution in [0.2, 0.25) is 0 Å². The Morgan fingerprint density at radius 2 is 2.12 bits per heavy atom. The maximum atomic E-state index is 9.79. The first kappa shape index (κ1) is 17.7. The number of halogens is 1. The molecule has 0 aliphatic heterocycles. The van der Waals surface area contributed by atoms with Crippen LogP contribution in [-0.4, -0.2) is 28.5 Å². The zero-order chi connectivity index (χ0) is 17.7. The van der Waals surface area contributed by atoms with Gasteiger partial charge in [-0.3, -0.25) is 5.43 Å². The lowest BCUT2D eigenvalue weighted by Crippen LogP contribution is -2.03. The number of methoxy groups -OCH3 is 1. The third-order valence-electron chi connectivity index (χ3n) is 3.11. The van der Waals surface area contributed by atoms with Crippen molar-refractivity contribution in [3.8, 4) is 17.6 Å². The quantitative estimate of drug-likeness (QED) is 0.534. The zero-order valence-corrected chi connectivity index (χ0v) is 14.6. The van der Waals surface area contributed by atoms with Crippen LogP contribution in [0, 0.1) is 18.3 Å². The van der Waals surface area contributed by atoms with Crippen LogP contribution in [0.25, 0.3) is 0 Å². The number of ether oxygens (including phenoxy) is 1. The second-order valence-electron chi connectivity index (χ2n) is 4.92. The van der Waals surface area contributed by atoms with Gasteiger partial charge in [-0.15, -0.1) is 0 Å². The molecular weight excluding hydrogens is 376 g/mol. The molecule has 3 N–H and O–H groups in total. The minimum atomic E-state index is -0.126. The number of phenolic OH excluding ortho intramolecular Hbond substituents is 2. The summed E-state index contributed by atoms with van der Waals surface area (Å²) in [6.07, 6.45) is 1.36. The molecule has 0 radical (unpaired) electrons.